The molecule has 3 rings (SSSR count). The lowest BCUT2D eigenvalue weighted by molar-refractivity contribution is 0.261. The number of halogens is 1. The van der Waals surface area contributed by atoms with Crippen molar-refractivity contribution in [2.24, 2.45) is 0 Å². The fraction of sp³-hybridized carbons (Fsp3) is 0.222. The lowest BCUT2D eigenvalue weighted by Crippen LogP contribution is -2.09. The van der Waals surface area contributed by atoms with Crippen molar-refractivity contribution in [3.8, 4) is 0 Å². The standard InChI is InChI=1S/C18H17BrO2/c1-13(19)14-6-8-15(9-7-14)16-4-2-3-5-17(16)18-12-20-10-11-21-18/h2-3,5-13,16H,4H2,1H3/t13?,16-/m1/s1. The Morgan fingerprint density at radius 3 is 2.67 bits per heavy atom. The fourth-order valence-corrected chi connectivity index (χ4v) is 2.90. The van der Waals surface area contributed by atoms with Crippen molar-refractivity contribution in [1.29, 1.82) is 0 Å². The molecule has 3 heteroatoms. The number of allylic oxidation sites excluding steroid dienone is 4. The van der Waals surface area contributed by atoms with E-state index in [4.69, 9.17) is 9.47 Å². The SMILES string of the molecule is CC(Br)c1ccc([C@H]2CC=CC=C2C2=COC=CO2)cc1. The van der Waals surface area contributed by atoms with Gasteiger partial charge in [-0.3, -0.25) is 0 Å². The monoisotopic (exact) mass is 344 g/mol. The molecule has 1 aliphatic heterocycles. The minimum atomic E-state index is 0.302. The first-order chi connectivity index (χ1) is 10.3. The highest BCUT2D eigenvalue weighted by Crippen LogP contribution is 2.37. The van der Waals surface area contributed by atoms with Crippen LogP contribution in [0.15, 0.2) is 72.6 Å². The zero-order valence-electron chi connectivity index (χ0n) is 11.8. The molecular weight excluding hydrogens is 328 g/mol. The maximum atomic E-state index is 5.58. The number of hydrogen-bond acceptors (Lipinski definition) is 2. The van der Waals surface area contributed by atoms with Gasteiger partial charge in [0.2, 0.25) is 0 Å². The summed E-state index contributed by atoms with van der Waals surface area (Å²) in [5.41, 5.74) is 3.73. The van der Waals surface area contributed by atoms with Crippen LogP contribution >= 0.6 is 15.9 Å². The number of ether oxygens (including phenoxy) is 2. The maximum absolute atomic E-state index is 5.58. The summed E-state index contributed by atoms with van der Waals surface area (Å²) in [4.78, 5) is 0.371. The average molecular weight is 345 g/mol. The van der Waals surface area contributed by atoms with E-state index in [9.17, 15) is 0 Å². The van der Waals surface area contributed by atoms with Crippen molar-refractivity contribution in [2.45, 2.75) is 24.1 Å². The van der Waals surface area contributed by atoms with Crippen molar-refractivity contribution >= 4 is 15.9 Å². The van der Waals surface area contributed by atoms with Gasteiger partial charge in [-0.2, -0.15) is 0 Å². The first-order valence-electron chi connectivity index (χ1n) is 7.04. The van der Waals surface area contributed by atoms with Crippen LogP contribution in [0.2, 0.25) is 0 Å². The van der Waals surface area contributed by atoms with E-state index in [1.54, 1.807) is 12.5 Å². The van der Waals surface area contributed by atoms with Crippen LogP contribution < -0.4 is 0 Å². The van der Waals surface area contributed by atoms with Gasteiger partial charge in [0.15, 0.2) is 5.76 Å². The van der Waals surface area contributed by atoms with Gasteiger partial charge in [-0.25, -0.2) is 0 Å². The summed E-state index contributed by atoms with van der Waals surface area (Å²) in [5.74, 6) is 1.08. The first kappa shape index (κ1) is 14.2. The first-order valence-corrected chi connectivity index (χ1v) is 7.95. The lowest BCUT2D eigenvalue weighted by atomic mass is 9.84. The van der Waals surface area contributed by atoms with Crippen LogP contribution in [-0.2, 0) is 9.47 Å². The third-order valence-electron chi connectivity index (χ3n) is 3.75. The Morgan fingerprint density at radius 2 is 2.00 bits per heavy atom. The highest BCUT2D eigenvalue weighted by molar-refractivity contribution is 9.09. The van der Waals surface area contributed by atoms with E-state index in [0.717, 1.165) is 17.8 Å². The summed E-state index contributed by atoms with van der Waals surface area (Å²) in [7, 11) is 0. The van der Waals surface area contributed by atoms with Gasteiger partial charge in [-0.05, 0) is 24.5 Å². The number of alkyl halides is 1. The molecule has 0 N–H and O–H groups in total. The van der Waals surface area contributed by atoms with E-state index < -0.39 is 0 Å². The maximum Gasteiger partial charge on any atom is 0.165 e. The molecule has 0 spiro atoms. The summed E-state index contributed by atoms with van der Waals surface area (Å²) in [6.07, 6.45) is 12.1. The van der Waals surface area contributed by atoms with Gasteiger partial charge in [0.25, 0.3) is 0 Å². The molecule has 1 heterocycles. The summed E-state index contributed by atoms with van der Waals surface area (Å²) < 4.78 is 10.8. The minimum absolute atomic E-state index is 0.302. The van der Waals surface area contributed by atoms with Crippen LogP contribution in [0.1, 0.15) is 35.2 Å². The highest BCUT2D eigenvalue weighted by Gasteiger charge is 2.22. The molecule has 2 atom stereocenters. The molecule has 21 heavy (non-hydrogen) atoms. The van der Waals surface area contributed by atoms with Gasteiger partial charge in [-0.1, -0.05) is 58.4 Å². The second-order valence-electron chi connectivity index (χ2n) is 5.13. The van der Waals surface area contributed by atoms with Gasteiger partial charge in [0.1, 0.15) is 18.8 Å². The molecule has 0 radical (unpaired) electrons. The highest BCUT2D eigenvalue weighted by atomic mass is 79.9. The molecule has 1 aromatic carbocycles. The molecule has 0 bridgehead atoms. The van der Waals surface area contributed by atoms with Gasteiger partial charge in [-0.15, -0.1) is 0 Å². The molecule has 2 aliphatic rings. The molecule has 108 valence electrons. The van der Waals surface area contributed by atoms with E-state index in [-0.39, 0.29) is 0 Å². The second kappa shape index (κ2) is 6.35. The fourth-order valence-electron chi connectivity index (χ4n) is 2.59. The average Bonchev–Trinajstić information content (AvgIpc) is 2.56. The Kier molecular flexibility index (Phi) is 4.30. The largest absolute Gasteiger partial charge is 0.466 e. The van der Waals surface area contributed by atoms with E-state index in [2.05, 4.69) is 65.3 Å². The summed E-state index contributed by atoms with van der Waals surface area (Å²) in [6, 6.07) is 8.75. The summed E-state index contributed by atoms with van der Waals surface area (Å²) in [6.45, 7) is 2.13. The molecule has 1 unspecified atom stereocenters. The molecule has 1 aliphatic carbocycles. The molecule has 2 nitrogen and oxygen atoms in total. The molecule has 0 fully saturated rings. The zero-order valence-corrected chi connectivity index (χ0v) is 13.4. The van der Waals surface area contributed by atoms with Crippen molar-refractivity contribution in [2.75, 3.05) is 0 Å². The minimum Gasteiger partial charge on any atom is -0.466 e. The van der Waals surface area contributed by atoms with Crippen molar-refractivity contribution in [1.82, 2.24) is 0 Å². The second-order valence-corrected chi connectivity index (χ2v) is 6.50. The number of rotatable bonds is 3. The van der Waals surface area contributed by atoms with E-state index in [0.29, 0.717) is 10.7 Å². The zero-order chi connectivity index (χ0) is 14.7. The summed E-state index contributed by atoms with van der Waals surface area (Å²) in [5, 5.41) is 0. The van der Waals surface area contributed by atoms with E-state index >= 15 is 0 Å². The van der Waals surface area contributed by atoms with Crippen LogP contribution in [0, 0.1) is 0 Å². The van der Waals surface area contributed by atoms with Crippen molar-refractivity contribution in [3.63, 3.8) is 0 Å². The van der Waals surface area contributed by atoms with Gasteiger partial charge in [0.05, 0.1) is 0 Å². The van der Waals surface area contributed by atoms with Gasteiger partial charge < -0.3 is 9.47 Å². The number of benzene rings is 1. The Bertz CT molecular complexity index is 621. The predicted molar refractivity (Wildman–Crippen MR) is 87.8 cm³/mol. The van der Waals surface area contributed by atoms with Crippen molar-refractivity contribution in [3.05, 3.63) is 83.7 Å². The lowest BCUT2D eigenvalue weighted by Gasteiger charge is -2.24. The third-order valence-corrected chi connectivity index (χ3v) is 4.27. The molecule has 1 aromatic rings. The Morgan fingerprint density at radius 1 is 1.19 bits per heavy atom. The Hall–Kier alpha value is -1.74. The molecule has 0 saturated heterocycles. The normalized spacial score (nSPS) is 21.9. The van der Waals surface area contributed by atoms with Crippen LogP contribution in [0.5, 0.6) is 0 Å². The summed E-state index contributed by atoms with van der Waals surface area (Å²) >= 11 is 3.60. The van der Waals surface area contributed by atoms with E-state index in [1.807, 2.05) is 0 Å². The van der Waals surface area contributed by atoms with Crippen molar-refractivity contribution < 1.29 is 9.47 Å². The van der Waals surface area contributed by atoms with Gasteiger partial charge in [0, 0.05) is 16.3 Å². The topological polar surface area (TPSA) is 18.5 Å². The quantitative estimate of drug-likeness (QED) is 0.676. The predicted octanol–water partition coefficient (Wildman–Crippen LogP) is 5.47. The molecular formula is C18H17BrO2. The Labute approximate surface area is 133 Å². The smallest absolute Gasteiger partial charge is 0.165 e. The molecule has 0 amide bonds. The van der Waals surface area contributed by atoms with Crippen LogP contribution in [0.25, 0.3) is 0 Å². The van der Waals surface area contributed by atoms with Crippen LogP contribution in [-0.4, -0.2) is 0 Å². The van der Waals surface area contributed by atoms with Crippen LogP contribution in [0.3, 0.4) is 0 Å². The Balaban J connectivity index is 1.87. The van der Waals surface area contributed by atoms with Gasteiger partial charge >= 0.3 is 0 Å². The van der Waals surface area contributed by atoms with E-state index in [1.165, 1.54) is 17.4 Å². The van der Waals surface area contributed by atoms with Crippen LogP contribution in [0.4, 0.5) is 0 Å². The molecule has 0 saturated carbocycles. The number of hydrogen-bond donors (Lipinski definition) is 0. The third kappa shape index (κ3) is 3.13. The molecule has 0 aromatic heterocycles.